The minimum Gasteiger partial charge on any atom is -0.319 e. The molecule has 0 aromatic heterocycles. The van der Waals surface area contributed by atoms with Gasteiger partial charge >= 0.3 is 0 Å². The maximum Gasteiger partial charge on any atom is 0.129 e. The van der Waals surface area contributed by atoms with Crippen molar-refractivity contribution < 1.29 is 4.39 Å². The molecule has 1 aromatic rings. The summed E-state index contributed by atoms with van der Waals surface area (Å²) >= 11 is 3.33. The molecule has 4 heteroatoms. The van der Waals surface area contributed by atoms with Crippen LogP contribution in [0.15, 0.2) is 22.7 Å². The summed E-state index contributed by atoms with van der Waals surface area (Å²) in [7, 11) is 1.97. The minimum absolute atomic E-state index is 0.104. The summed E-state index contributed by atoms with van der Waals surface area (Å²) in [5, 5.41) is 3.24. The van der Waals surface area contributed by atoms with E-state index in [9.17, 15) is 4.39 Å². The van der Waals surface area contributed by atoms with Crippen LogP contribution in [0.3, 0.4) is 0 Å². The van der Waals surface area contributed by atoms with Crippen LogP contribution < -0.4 is 5.32 Å². The highest BCUT2D eigenvalue weighted by Crippen LogP contribution is 2.39. The zero-order chi connectivity index (χ0) is 14.0. The minimum atomic E-state index is -0.104. The number of hydrogen-bond donors (Lipinski definition) is 1. The molecule has 0 saturated carbocycles. The molecule has 0 amide bonds. The van der Waals surface area contributed by atoms with Crippen LogP contribution in [0.25, 0.3) is 0 Å². The van der Waals surface area contributed by atoms with Crippen LogP contribution in [0, 0.1) is 11.7 Å². The van der Waals surface area contributed by atoms with Gasteiger partial charge in [-0.2, -0.15) is 0 Å². The van der Waals surface area contributed by atoms with E-state index in [4.69, 9.17) is 0 Å². The van der Waals surface area contributed by atoms with Gasteiger partial charge in [-0.15, -0.1) is 0 Å². The summed E-state index contributed by atoms with van der Waals surface area (Å²) in [5.41, 5.74) is 0.828. The number of rotatable bonds is 4. The molecule has 0 radical (unpaired) electrons. The lowest BCUT2D eigenvalue weighted by atomic mass is 9.93. The summed E-state index contributed by atoms with van der Waals surface area (Å²) in [6, 6.07) is 6.05. The quantitative estimate of drug-likeness (QED) is 0.908. The van der Waals surface area contributed by atoms with Crippen molar-refractivity contribution in [3.63, 3.8) is 0 Å². The van der Waals surface area contributed by atoms with E-state index < -0.39 is 0 Å². The maximum atomic E-state index is 14.3. The molecule has 1 aliphatic rings. The van der Waals surface area contributed by atoms with E-state index in [1.165, 1.54) is 0 Å². The van der Waals surface area contributed by atoms with Gasteiger partial charge in [0.05, 0.1) is 0 Å². The van der Waals surface area contributed by atoms with Gasteiger partial charge in [0.2, 0.25) is 0 Å². The molecule has 0 aliphatic carbocycles. The molecule has 1 heterocycles. The Morgan fingerprint density at radius 3 is 2.79 bits per heavy atom. The van der Waals surface area contributed by atoms with Crippen molar-refractivity contribution >= 4 is 15.9 Å². The number of likely N-dealkylation sites (tertiary alicyclic amines) is 1. The monoisotopic (exact) mass is 328 g/mol. The van der Waals surface area contributed by atoms with Crippen molar-refractivity contribution in [1.82, 2.24) is 10.2 Å². The van der Waals surface area contributed by atoms with Crippen molar-refractivity contribution in [2.24, 2.45) is 5.92 Å². The van der Waals surface area contributed by atoms with Crippen molar-refractivity contribution in [1.29, 1.82) is 0 Å². The second-order valence-corrected chi connectivity index (χ2v) is 6.46. The fourth-order valence-corrected chi connectivity index (χ4v) is 3.45. The Morgan fingerprint density at radius 2 is 2.21 bits per heavy atom. The van der Waals surface area contributed by atoms with Gasteiger partial charge in [0.25, 0.3) is 0 Å². The van der Waals surface area contributed by atoms with Crippen molar-refractivity contribution in [3.05, 3.63) is 34.1 Å². The van der Waals surface area contributed by atoms with Gasteiger partial charge in [-0.3, -0.25) is 4.90 Å². The first-order valence-corrected chi connectivity index (χ1v) is 7.69. The number of halogens is 2. The lowest BCUT2D eigenvalue weighted by molar-refractivity contribution is 0.179. The molecule has 1 N–H and O–H groups in total. The molecule has 0 spiro atoms. The zero-order valence-corrected chi connectivity index (χ0v) is 13.4. The highest BCUT2D eigenvalue weighted by molar-refractivity contribution is 9.10. The van der Waals surface area contributed by atoms with Gasteiger partial charge in [-0.05, 0) is 58.5 Å². The average molecular weight is 329 g/mol. The third kappa shape index (κ3) is 3.18. The van der Waals surface area contributed by atoms with Gasteiger partial charge in [-0.25, -0.2) is 4.39 Å². The molecule has 2 atom stereocenters. The maximum absolute atomic E-state index is 14.3. The Bertz CT molecular complexity index is 436. The Kier molecular flexibility index (Phi) is 4.98. The normalized spacial score (nSPS) is 24.3. The lowest BCUT2D eigenvalue weighted by Gasteiger charge is -2.32. The molecule has 1 aromatic carbocycles. The van der Waals surface area contributed by atoms with Crippen LogP contribution in [0.1, 0.15) is 31.9 Å². The van der Waals surface area contributed by atoms with Gasteiger partial charge in [0.1, 0.15) is 5.82 Å². The van der Waals surface area contributed by atoms with Crippen molar-refractivity contribution in [2.45, 2.75) is 32.4 Å². The Morgan fingerprint density at radius 1 is 1.47 bits per heavy atom. The molecule has 1 saturated heterocycles. The fourth-order valence-electron chi connectivity index (χ4n) is 3.11. The first-order chi connectivity index (χ1) is 9.04. The molecule has 2 unspecified atom stereocenters. The summed E-state index contributed by atoms with van der Waals surface area (Å²) < 4.78 is 15.1. The third-order valence-corrected chi connectivity index (χ3v) is 4.47. The van der Waals surface area contributed by atoms with Crippen LogP contribution >= 0.6 is 15.9 Å². The molecule has 19 heavy (non-hydrogen) atoms. The predicted octanol–water partition coefficient (Wildman–Crippen LogP) is 3.58. The van der Waals surface area contributed by atoms with E-state index in [-0.39, 0.29) is 11.9 Å². The highest BCUT2D eigenvalue weighted by Gasteiger charge is 2.37. The molecule has 1 fully saturated rings. The van der Waals surface area contributed by atoms with E-state index in [0.29, 0.717) is 12.0 Å². The van der Waals surface area contributed by atoms with E-state index in [2.05, 4.69) is 40.0 Å². The fraction of sp³-hybridized carbons (Fsp3) is 0.600. The van der Waals surface area contributed by atoms with E-state index >= 15 is 0 Å². The number of hydrogen-bond acceptors (Lipinski definition) is 2. The molecule has 2 rings (SSSR count). The van der Waals surface area contributed by atoms with Crippen molar-refractivity contribution in [2.75, 3.05) is 20.1 Å². The Hall–Kier alpha value is -0.450. The largest absolute Gasteiger partial charge is 0.319 e. The Labute approximate surface area is 123 Å². The predicted molar refractivity (Wildman–Crippen MR) is 80.7 cm³/mol. The molecule has 0 bridgehead atoms. The highest BCUT2D eigenvalue weighted by atomic mass is 79.9. The second-order valence-electron chi connectivity index (χ2n) is 5.55. The van der Waals surface area contributed by atoms with Gasteiger partial charge in [0.15, 0.2) is 0 Å². The zero-order valence-electron chi connectivity index (χ0n) is 11.8. The molecule has 2 nitrogen and oxygen atoms in total. The average Bonchev–Trinajstić information content (AvgIpc) is 2.73. The summed E-state index contributed by atoms with van der Waals surface area (Å²) in [4.78, 5) is 2.41. The van der Waals surface area contributed by atoms with E-state index in [1.54, 1.807) is 6.07 Å². The smallest absolute Gasteiger partial charge is 0.129 e. The summed E-state index contributed by atoms with van der Waals surface area (Å²) in [5.74, 6) is 0.371. The third-order valence-electron chi connectivity index (χ3n) is 3.97. The number of nitrogens with one attached hydrogen (secondary N) is 1. The van der Waals surface area contributed by atoms with E-state index in [1.807, 2.05) is 19.2 Å². The molecular formula is C15H22BrFN2. The van der Waals surface area contributed by atoms with Gasteiger partial charge in [-0.1, -0.05) is 22.0 Å². The number of nitrogens with zero attached hydrogens (tertiary/aromatic N) is 1. The van der Waals surface area contributed by atoms with Crippen LogP contribution in [0.2, 0.25) is 0 Å². The molecule has 106 valence electrons. The van der Waals surface area contributed by atoms with Gasteiger partial charge < -0.3 is 5.32 Å². The van der Waals surface area contributed by atoms with Crippen molar-refractivity contribution in [3.8, 4) is 0 Å². The van der Waals surface area contributed by atoms with E-state index in [0.717, 1.165) is 29.5 Å². The standard InChI is InChI=1S/C15H22BrFN2/c1-10(2)19-7-6-11(9-18-3)15(19)13-5-4-12(16)8-14(13)17/h4-5,8,10-11,15,18H,6-7,9H2,1-3H3. The SMILES string of the molecule is CNCC1CCN(C(C)C)C1c1ccc(Br)cc1F. The second kappa shape index (κ2) is 6.33. The van der Waals surface area contributed by atoms with Gasteiger partial charge in [0, 0.05) is 22.1 Å². The number of benzene rings is 1. The van der Waals surface area contributed by atoms with Crippen LogP contribution in [-0.2, 0) is 0 Å². The molecule has 1 aliphatic heterocycles. The lowest BCUT2D eigenvalue weighted by Crippen LogP contribution is -2.34. The Balaban J connectivity index is 2.34. The van der Waals surface area contributed by atoms with Crippen LogP contribution in [-0.4, -0.2) is 31.1 Å². The summed E-state index contributed by atoms with van der Waals surface area (Å²) in [6.07, 6.45) is 1.12. The molecular weight excluding hydrogens is 307 g/mol. The first-order valence-electron chi connectivity index (χ1n) is 6.90. The first kappa shape index (κ1) is 14.9. The van der Waals surface area contributed by atoms with Crippen LogP contribution in [0.5, 0.6) is 0 Å². The van der Waals surface area contributed by atoms with Crippen LogP contribution in [0.4, 0.5) is 4.39 Å². The topological polar surface area (TPSA) is 15.3 Å². The summed E-state index contributed by atoms with van der Waals surface area (Å²) in [6.45, 7) is 6.35.